The summed E-state index contributed by atoms with van der Waals surface area (Å²) >= 11 is 0. The van der Waals surface area contributed by atoms with Gasteiger partial charge in [0.05, 0.1) is 18.8 Å². The molecule has 0 amide bonds. The van der Waals surface area contributed by atoms with E-state index in [1.807, 2.05) is 0 Å². The first kappa shape index (κ1) is 13.3. The third-order valence-corrected chi connectivity index (χ3v) is 4.22. The van der Waals surface area contributed by atoms with E-state index in [4.69, 9.17) is 4.74 Å². The Bertz CT molecular complexity index is 232. The minimum atomic E-state index is -0.367. The highest BCUT2D eigenvalue weighted by Crippen LogP contribution is 2.39. The van der Waals surface area contributed by atoms with Gasteiger partial charge >= 0.3 is 0 Å². The van der Waals surface area contributed by atoms with Gasteiger partial charge in [0.2, 0.25) is 0 Å². The minimum absolute atomic E-state index is 0.175. The zero-order chi connectivity index (χ0) is 12.3. The van der Waals surface area contributed by atoms with E-state index in [1.54, 1.807) is 0 Å². The van der Waals surface area contributed by atoms with Gasteiger partial charge in [-0.25, -0.2) is 0 Å². The van der Waals surface area contributed by atoms with Gasteiger partial charge in [-0.15, -0.1) is 0 Å². The van der Waals surface area contributed by atoms with Crippen molar-refractivity contribution >= 4 is 0 Å². The second-order valence-electron chi connectivity index (χ2n) is 6.27. The molecular weight excluding hydrogens is 214 g/mol. The van der Waals surface area contributed by atoms with Gasteiger partial charge in [0, 0.05) is 12.1 Å². The van der Waals surface area contributed by atoms with Gasteiger partial charge < -0.3 is 15.2 Å². The molecule has 2 saturated carbocycles. The van der Waals surface area contributed by atoms with Crippen LogP contribution in [0.5, 0.6) is 0 Å². The summed E-state index contributed by atoms with van der Waals surface area (Å²) in [5.41, 5.74) is 0.175. The molecule has 0 bridgehead atoms. The fourth-order valence-corrected chi connectivity index (χ4v) is 2.69. The SMILES string of the molecule is CC(C)(NCC(O)COC1CCCC1)C1CC1. The van der Waals surface area contributed by atoms with Crippen molar-refractivity contribution in [2.75, 3.05) is 13.2 Å². The van der Waals surface area contributed by atoms with Crippen LogP contribution in [0.4, 0.5) is 0 Å². The Morgan fingerprint density at radius 1 is 1.24 bits per heavy atom. The van der Waals surface area contributed by atoms with E-state index in [-0.39, 0.29) is 11.6 Å². The van der Waals surface area contributed by atoms with Crippen molar-refractivity contribution in [3.63, 3.8) is 0 Å². The first-order valence-corrected chi connectivity index (χ1v) is 7.12. The molecule has 0 aromatic carbocycles. The maximum absolute atomic E-state index is 9.89. The minimum Gasteiger partial charge on any atom is -0.389 e. The zero-order valence-electron chi connectivity index (χ0n) is 11.2. The molecule has 0 heterocycles. The fraction of sp³-hybridized carbons (Fsp3) is 1.00. The number of aliphatic hydroxyl groups excluding tert-OH is 1. The van der Waals surface area contributed by atoms with Gasteiger partial charge in [-0.3, -0.25) is 0 Å². The molecule has 2 aliphatic carbocycles. The Morgan fingerprint density at radius 3 is 2.47 bits per heavy atom. The summed E-state index contributed by atoms with van der Waals surface area (Å²) in [6, 6.07) is 0. The van der Waals surface area contributed by atoms with E-state index >= 15 is 0 Å². The first-order chi connectivity index (χ1) is 8.08. The van der Waals surface area contributed by atoms with E-state index < -0.39 is 0 Å². The summed E-state index contributed by atoms with van der Waals surface area (Å²) in [5.74, 6) is 0.797. The van der Waals surface area contributed by atoms with E-state index in [9.17, 15) is 5.11 Å². The van der Waals surface area contributed by atoms with Gasteiger partial charge in [0.25, 0.3) is 0 Å². The Balaban J connectivity index is 1.58. The van der Waals surface area contributed by atoms with Gasteiger partial charge in [-0.2, -0.15) is 0 Å². The lowest BCUT2D eigenvalue weighted by molar-refractivity contribution is -0.00782. The molecule has 2 aliphatic rings. The van der Waals surface area contributed by atoms with Gasteiger partial charge in [0.1, 0.15) is 0 Å². The molecule has 1 atom stereocenters. The molecule has 17 heavy (non-hydrogen) atoms. The fourth-order valence-electron chi connectivity index (χ4n) is 2.69. The van der Waals surface area contributed by atoms with Gasteiger partial charge in [-0.1, -0.05) is 12.8 Å². The number of hydrogen-bond acceptors (Lipinski definition) is 3. The summed E-state index contributed by atoms with van der Waals surface area (Å²) in [6.07, 6.45) is 7.61. The van der Waals surface area contributed by atoms with Crippen LogP contribution in [-0.2, 0) is 4.74 Å². The average molecular weight is 241 g/mol. The van der Waals surface area contributed by atoms with Crippen LogP contribution < -0.4 is 5.32 Å². The Morgan fingerprint density at radius 2 is 1.88 bits per heavy atom. The summed E-state index contributed by atoms with van der Waals surface area (Å²) in [4.78, 5) is 0. The predicted molar refractivity (Wildman–Crippen MR) is 69.0 cm³/mol. The molecule has 0 aromatic heterocycles. The summed E-state index contributed by atoms with van der Waals surface area (Å²) in [5, 5.41) is 13.4. The van der Waals surface area contributed by atoms with Crippen LogP contribution in [0.15, 0.2) is 0 Å². The molecule has 0 saturated heterocycles. The van der Waals surface area contributed by atoms with Crippen molar-refractivity contribution in [1.29, 1.82) is 0 Å². The molecule has 0 aromatic rings. The second kappa shape index (κ2) is 5.68. The van der Waals surface area contributed by atoms with Crippen LogP contribution in [0.1, 0.15) is 52.4 Å². The van der Waals surface area contributed by atoms with Crippen LogP contribution in [0.25, 0.3) is 0 Å². The lowest BCUT2D eigenvalue weighted by Crippen LogP contribution is -2.46. The van der Waals surface area contributed by atoms with Crippen LogP contribution in [-0.4, -0.2) is 36.0 Å². The van der Waals surface area contributed by atoms with Crippen molar-refractivity contribution in [2.45, 2.75) is 70.1 Å². The normalized spacial score (nSPS) is 24.2. The molecule has 2 fully saturated rings. The average Bonchev–Trinajstić information content (AvgIpc) is 3.03. The summed E-state index contributed by atoms with van der Waals surface area (Å²) in [6.45, 7) is 5.60. The Hall–Kier alpha value is -0.120. The van der Waals surface area contributed by atoms with E-state index in [0.29, 0.717) is 19.3 Å². The summed E-state index contributed by atoms with van der Waals surface area (Å²) < 4.78 is 5.72. The topological polar surface area (TPSA) is 41.5 Å². The number of hydrogen-bond donors (Lipinski definition) is 2. The highest BCUT2D eigenvalue weighted by Gasteiger charge is 2.37. The van der Waals surface area contributed by atoms with Crippen molar-refractivity contribution in [3.05, 3.63) is 0 Å². The lowest BCUT2D eigenvalue weighted by atomic mass is 9.98. The summed E-state index contributed by atoms with van der Waals surface area (Å²) in [7, 11) is 0. The number of rotatable bonds is 7. The molecule has 3 heteroatoms. The molecular formula is C14H27NO2. The quantitative estimate of drug-likeness (QED) is 0.717. The zero-order valence-corrected chi connectivity index (χ0v) is 11.2. The van der Waals surface area contributed by atoms with Crippen LogP contribution in [0.3, 0.4) is 0 Å². The van der Waals surface area contributed by atoms with Crippen LogP contribution in [0.2, 0.25) is 0 Å². The monoisotopic (exact) mass is 241 g/mol. The smallest absolute Gasteiger partial charge is 0.0898 e. The van der Waals surface area contributed by atoms with E-state index in [0.717, 1.165) is 5.92 Å². The van der Waals surface area contributed by atoms with Gasteiger partial charge in [0.15, 0.2) is 0 Å². The number of ether oxygens (including phenoxy) is 1. The Kier molecular flexibility index (Phi) is 4.45. The third kappa shape index (κ3) is 4.23. The molecule has 2 rings (SSSR count). The first-order valence-electron chi connectivity index (χ1n) is 7.12. The molecule has 0 aliphatic heterocycles. The van der Waals surface area contributed by atoms with E-state index in [2.05, 4.69) is 19.2 Å². The number of β-amino-alcohol motifs (C(OH)–C–C–N with tert-alkyl or cyclic N) is 1. The highest BCUT2D eigenvalue weighted by atomic mass is 16.5. The lowest BCUT2D eigenvalue weighted by Gasteiger charge is -2.28. The molecule has 3 nitrogen and oxygen atoms in total. The van der Waals surface area contributed by atoms with Crippen molar-refractivity contribution < 1.29 is 9.84 Å². The van der Waals surface area contributed by atoms with Gasteiger partial charge in [-0.05, 0) is 45.4 Å². The number of aliphatic hydroxyl groups is 1. The van der Waals surface area contributed by atoms with Crippen LogP contribution >= 0.6 is 0 Å². The number of nitrogens with one attached hydrogen (secondary N) is 1. The van der Waals surface area contributed by atoms with E-state index in [1.165, 1.54) is 38.5 Å². The van der Waals surface area contributed by atoms with Crippen molar-refractivity contribution in [3.8, 4) is 0 Å². The maximum atomic E-state index is 9.89. The standard InChI is InChI=1S/C14H27NO2/c1-14(2,11-7-8-11)15-9-12(16)10-17-13-5-3-4-6-13/h11-13,15-16H,3-10H2,1-2H3. The van der Waals surface area contributed by atoms with Crippen molar-refractivity contribution in [2.24, 2.45) is 5.92 Å². The highest BCUT2D eigenvalue weighted by molar-refractivity contribution is 4.94. The third-order valence-electron chi connectivity index (χ3n) is 4.22. The molecule has 1 unspecified atom stereocenters. The second-order valence-corrected chi connectivity index (χ2v) is 6.27. The molecule has 2 N–H and O–H groups in total. The predicted octanol–water partition coefficient (Wildman–Crippen LogP) is 2.08. The van der Waals surface area contributed by atoms with Crippen molar-refractivity contribution in [1.82, 2.24) is 5.32 Å². The Labute approximate surface area is 105 Å². The molecule has 0 radical (unpaired) electrons. The molecule has 100 valence electrons. The maximum Gasteiger partial charge on any atom is 0.0898 e. The van der Waals surface area contributed by atoms with Crippen LogP contribution in [0, 0.1) is 5.92 Å². The molecule has 0 spiro atoms. The largest absolute Gasteiger partial charge is 0.389 e.